The molecular weight excluding hydrogens is 314 g/mol. The lowest BCUT2D eigenvalue weighted by Gasteiger charge is -2.05. The maximum absolute atomic E-state index is 12.1. The number of aryl methyl sites for hydroxylation is 2. The van der Waals surface area contributed by atoms with Gasteiger partial charge in [-0.2, -0.15) is 0 Å². The van der Waals surface area contributed by atoms with Gasteiger partial charge in [0.15, 0.2) is 5.13 Å². The van der Waals surface area contributed by atoms with Crippen molar-refractivity contribution in [2.24, 2.45) is 0 Å². The number of anilines is 2. The van der Waals surface area contributed by atoms with Crippen LogP contribution in [0.25, 0.3) is 0 Å². The lowest BCUT2D eigenvalue weighted by Crippen LogP contribution is -2.13. The van der Waals surface area contributed by atoms with Crippen LogP contribution in [0.3, 0.4) is 0 Å². The fourth-order valence-electron chi connectivity index (χ4n) is 1.42. The molecule has 1 heterocycles. The van der Waals surface area contributed by atoms with E-state index in [-0.39, 0.29) is 5.91 Å². The summed E-state index contributed by atoms with van der Waals surface area (Å²) in [5, 5.41) is 3.35. The predicted molar refractivity (Wildman–Crippen MR) is 78.1 cm³/mol. The molecule has 3 N–H and O–H groups in total. The van der Waals surface area contributed by atoms with E-state index in [1.54, 1.807) is 18.2 Å². The number of carbonyl (C=O) groups excluding carboxylic acids is 1. The Bertz CT molecular complexity index is 590. The first-order valence-corrected chi connectivity index (χ1v) is 6.88. The first-order chi connectivity index (χ1) is 8.47. The summed E-state index contributed by atoms with van der Waals surface area (Å²) in [7, 11) is 0. The molecule has 2 aromatic rings. The zero-order chi connectivity index (χ0) is 13.3. The van der Waals surface area contributed by atoms with Gasteiger partial charge in [0.25, 0.3) is 5.91 Å². The minimum Gasteiger partial charge on any atom is -0.398 e. The molecule has 6 heteroatoms. The summed E-state index contributed by atoms with van der Waals surface area (Å²) in [6, 6.07) is 5.18. The number of amides is 1. The molecular formula is C12H12BrN3OS. The monoisotopic (exact) mass is 325 g/mol. The van der Waals surface area contributed by atoms with Gasteiger partial charge in [-0.25, -0.2) is 4.98 Å². The van der Waals surface area contributed by atoms with Crippen molar-refractivity contribution in [3.63, 3.8) is 0 Å². The Hall–Kier alpha value is -1.40. The maximum atomic E-state index is 12.1. The highest BCUT2D eigenvalue weighted by Crippen LogP contribution is 2.23. The number of aromatic nitrogens is 1. The number of halogens is 1. The Kier molecular flexibility index (Phi) is 3.68. The molecule has 0 unspecified atom stereocenters. The number of nitrogens with one attached hydrogen (secondary N) is 1. The summed E-state index contributed by atoms with van der Waals surface area (Å²) in [5.41, 5.74) is 7.59. The van der Waals surface area contributed by atoms with Gasteiger partial charge in [-0.15, -0.1) is 11.3 Å². The van der Waals surface area contributed by atoms with Gasteiger partial charge in [0, 0.05) is 15.0 Å². The Labute approximate surface area is 117 Å². The van der Waals surface area contributed by atoms with E-state index in [4.69, 9.17) is 5.73 Å². The van der Waals surface area contributed by atoms with Crippen LogP contribution in [0, 0.1) is 13.8 Å². The van der Waals surface area contributed by atoms with Crippen LogP contribution in [-0.4, -0.2) is 10.9 Å². The van der Waals surface area contributed by atoms with Crippen LogP contribution in [0.2, 0.25) is 0 Å². The van der Waals surface area contributed by atoms with Crippen molar-refractivity contribution in [2.45, 2.75) is 13.8 Å². The summed E-state index contributed by atoms with van der Waals surface area (Å²) < 4.78 is 0.813. The van der Waals surface area contributed by atoms with Gasteiger partial charge >= 0.3 is 0 Å². The van der Waals surface area contributed by atoms with Crippen molar-refractivity contribution in [1.29, 1.82) is 0 Å². The normalized spacial score (nSPS) is 10.4. The molecule has 0 aliphatic carbocycles. The number of thiazole rings is 1. The standard InChI is InChI=1S/C12H12BrN3OS/c1-6-7(2)18-12(15-6)16-11(17)9-5-8(13)3-4-10(9)14/h3-5H,14H2,1-2H3,(H,15,16,17). The van der Waals surface area contributed by atoms with Gasteiger partial charge in [-0.3, -0.25) is 10.1 Å². The largest absolute Gasteiger partial charge is 0.398 e. The van der Waals surface area contributed by atoms with Crippen molar-refractivity contribution in [1.82, 2.24) is 4.98 Å². The summed E-state index contributed by atoms with van der Waals surface area (Å²) in [5.74, 6) is -0.248. The highest BCUT2D eigenvalue weighted by atomic mass is 79.9. The molecule has 0 fully saturated rings. The van der Waals surface area contributed by atoms with E-state index < -0.39 is 0 Å². The maximum Gasteiger partial charge on any atom is 0.259 e. The number of hydrogen-bond acceptors (Lipinski definition) is 4. The molecule has 0 saturated heterocycles. The SMILES string of the molecule is Cc1nc(NC(=O)c2cc(Br)ccc2N)sc1C. The molecule has 18 heavy (non-hydrogen) atoms. The van der Waals surface area contributed by atoms with Crippen LogP contribution < -0.4 is 11.1 Å². The number of rotatable bonds is 2. The second kappa shape index (κ2) is 5.07. The molecule has 0 bridgehead atoms. The van der Waals surface area contributed by atoms with E-state index >= 15 is 0 Å². The second-order valence-electron chi connectivity index (χ2n) is 3.85. The van der Waals surface area contributed by atoms with Crippen LogP contribution in [0.5, 0.6) is 0 Å². The van der Waals surface area contributed by atoms with E-state index in [0.29, 0.717) is 16.4 Å². The number of benzene rings is 1. The molecule has 0 aliphatic rings. The predicted octanol–water partition coefficient (Wildman–Crippen LogP) is 3.36. The molecule has 2 rings (SSSR count). The Morgan fingerprint density at radius 2 is 2.17 bits per heavy atom. The zero-order valence-corrected chi connectivity index (χ0v) is 12.4. The minimum atomic E-state index is -0.248. The van der Waals surface area contributed by atoms with Crippen LogP contribution in [0.1, 0.15) is 20.9 Å². The summed E-state index contributed by atoms with van der Waals surface area (Å²) in [6.45, 7) is 3.88. The third kappa shape index (κ3) is 2.70. The molecule has 0 radical (unpaired) electrons. The molecule has 1 aromatic heterocycles. The molecule has 0 atom stereocenters. The summed E-state index contributed by atoms with van der Waals surface area (Å²) in [6.07, 6.45) is 0. The molecule has 4 nitrogen and oxygen atoms in total. The first kappa shape index (κ1) is 13.0. The first-order valence-electron chi connectivity index (χ1n) is 5.28. The molecule has 0 saturated carbocycles. The average molecular weight is 326 g/mol. The number of nitrogens with two attached hydrogens (primary N) is 1. The Morgan fingerprint density at radius 1 is 1.44 bits per heavy atom. The molecule has 0 aliphatic heterocycles. The van der Waals surface area contributed by atoms with E-state index in [9.17, 15) is 4.79 Å². The number of nitrogens with zero attached hydrogens (tertiary/aromatic N) is 1. The van der Waals surface area contributed by atoms with E-state index in [0.717, 1.165) is 15.0 Å². The van der Waals surface area contributed by atoms with E-state index in [2.05, 4.69) is 26.2 Å². The van der Waals surface area contributed by atoms with Crippen molar-refractivity contribution < 1.29 is 4.79 Å². The smallest absolute Gasteiger partial charge is 0.259 e. The highest BCUT2D eigenvalue weighted by Gasteiger charge is 2.13. The Balaban J connectivity index is 2.24. The Morgan fingerprint density at radius 3 is 2.78 bits per heavy atom. The molecule has 94 valence electrons. The van der Waals surface area contributed by atoms with E-state index in [1.165, 1.54) is 11.3 Å². The number of carbonyl (C=O) groups is 1. The number of nitrogen functional groups attached to an aromatic ring is 1. The fourth-order valence-corrected chi connectivity index (χ4v) is 2.59. The summed E-state index contributed by atoms with van der Waals surface area (Å²) in [4.78, 5) is 17.4. The van der Waals surface area contributed by atoms with Crippen LogP contribution in [-0.2, 0) is 0 Å². The highest BCUT2D eigenvalue weighted by molar-refractivity contribution is 9.10. The van der Waals surface area contributed by atoms with Gasteiger partial charge < -0.3 is 5.73 Å². The zero-order valence-electron chi connectivity index (χ0n) is 9.95. The lowest BCUT2D eigenvalue weighted by molar-refractivity contribution is 0.102. The molecule has 1 aromatic carbocycles. The van der Waals surface area contributed by atoms with Crippen molar-refractivity contribution >= 4 is 44.0 Å². The van der Waals surface area contributed by atoms with Gasteiger partial charge in [0.2, 0.25) is 0 Å². The summed E-state index contributed by atoms with van der Waals surface area (Å²) >= 11 is 4.77. The van der Waals surface area contributed by atoms with Gasteiger partial charge in [0.05, 0.1) is 11.3 Å². The van der Waals surface area contributed by atoms with Gasteiger partial charge in [0.1, 0.15) is 0 Å². The second-order valence-corrected chi connectivity index (χ2v) is 5.97. The minimum absolute atomic E-state index is 0.248. The van der Waals surface area contributed by atoms with Crippen LogP contribution in [0.4, 0.5) is 10.8 Å². The molecule has 1 amide bonds. The van der Waals surface area contributed by atoms with Gasteiger partial charge in [-0.05, 0) is 32.0 Å². The van der Waals surface area contributed by atoms with Gasteiger partial charge in [-0.1, -0.05) is 15.9 Å². The van der Waals surface area contributed by atoms with Crippen LogP contribution >= 0.6 is 27.3 Å². The quantitative estimate of drug-likeness (QED) is 0.832. The van der Waals surface area contributed by atoms with Crippen molar-refractivity contribution in [3.05, 3.63) is 38.8 Å². The lowest BCUT2D eigenvalue weighted by atomic mass is 10.2. The molecule has 0 spiro atoms. The van der Waals surface area contributed by atoms with E-state index in [1.807, 2.05) is 13.8 Å². The fraction of sp³-hybridized carbons (Fsp3) is 0.167. The van der Waals surface area contributed by atoms with Crippen LogP contribution in [0.15, 0.2) is 22.7 Å². The number of hydrogen-bond donors (Lipinski definition) is 2. The topological polar surface area (TPSA) is 68.0 Å². The van der Waals surface area contributed by atoms with Crippen molar-refractivity contribution in [2.75, 3.05) is 11.1 Å². The third-order valence-corrected chi connectivity index (χ3v) is 3.99. The third-order valence-electron chi connectivity index (χ3n) is 2.51. The van der Waals surface area contributed by atoms with Crippen molar-refractivity contribution in [3.8, 4) is 0 Å². The average Bonchev–Trinajstić information content (AvgIpc) is 2.61.